The molecule has 2 aliphatic heterocycles. The molecule has 6 rings (SSSR count). The topological polar surface area (TPSA) is 181 Å². The molecule has 2 saturated carbocycles. The highest BCUT2D eigenvalue weighted by atomic mass is 32.2. The molecule has 4 aliphatic rings. The molecule has 0 spiro atoms. The maximum absolute atomic E-state index is 14.4. The lowest BCUT2D eigenvalue weighted by molar-refractivity contribution is -0.141. The lowest BCUT2D eigenvalue weighted by atomic mass is 10.0. The summed E-state index contributed by atoms with van der Waals surface area (Å²) in [6.45, 7) is 5.22. The minimum absolute atomic E-state index is 0.0226. The number of hydrogen-bond donors (Lipinski definition) is 3. The summed E-state index contributed by atoms with van der Waals surface area (Å²) in [5.41, 5.74) is -0.613. The molecule has 0 unspecified atom stereocenters. The third-order valence-electron chi connectivity index (χ3n) is 9.79. The molecule has 4 amide bonds. The monoisotopic (exact) mass is 727 g/mol. The van der Waals surface area contributed by atoms with Crippen LogP contribution in [0.1, 0.15) is 84.6 Å². The standard InChI is InChI=1S/C35H49N7O8S/c1-34(2,3)50-33(46)37-26-15-10-8-6-7-9-13-22-20-35(22,31(45)39-51(47,48)40(4)5)38-29(43)28-19-24(21-41(28)30(26)44)49-32-36-25-14-11-12-16-27(25)42(32)23-17-18-23/h9,11-14,16,22-24,26,28H,6-8,10,15,17-21H2,1-5H3,(H,37,46)(H,38,43)(H,39,45)/b13-9-/t22-,24-,26+,28+,35-/m1/s1. The lowest BCUT2D eigenvalue weighted by Gasteiger charge is -2.30. The van der Waals surface area contributed by atoms with E-state index in [0.29, 0.717) is 25.3 Å². The van der Waals surface area contributed by atoms with Crippen molar-refractivity contribution in [1.29, 1.82) is 0 Å². The van der Waals surface area contributed by atoms with E-state index in [1.54, 1.807) is 20.8 Å². The summed E-state index contributed by atoms with van der Waals surface area (Å²) in [4.78, 5) is 61.5. The summed E-state index contributed by atoms with van der Waals surface area (Å²) in [5.74, 6) is -2.39. The Morgan fingerprint density at radius 3 is 2.53 bits per heavy atom. The fraction of sp³-hybridized carbons (Fsp3) is 0.629. The van der Waals surface area contributed by atoms with E-state index in [4.69, 9.17) is 14.5 Å². The Bertz CT molecular complexity index is 1810. The maximum Gasteiger partial charge on any atom is 0.408 e. The SMILES string of the molecule is CN(C)S(=O)(=O)NC(=O)[C@@]12C[C@H]1/C=C\CCCCC[C@H](NC(=O)OC(C)(C)C)C(=O)N1C[C@H](Oc3nc4ccccc4n3C3CC3)C[C@H]1C(=O)N2. The van der Waals surface area contributed by atoms with Gasteiger partial charge in [-0.1, -0.05) is 37.1 Å². The van der Waals surface area contributed by atoms with Gasteiger partial charge in [0, 0.05) is 32.5 Å². The minimum Gasteiger partial charge on any atom is -0.459 e. The van der Waals surface area contributed by atoms with Crippen LogP contribution in [-0.4, -0.2) is 101 Å². The highest BCUT2D eigenvalue weighted by Crippen LogP contribution is 2.46. The number of alkyl carbamates (subject to hydrolysis) is 1. The fourth-order valence-electron chi connectivity index (χ4n) is 6.85. The average Bonchev–Trinajstić information content (AvgIpc) is 3.93. The first-order chi connectivity index (χ1) is 24.1. The molecule has 15 nitrogen and oxygen atoms in total. The number of nitrogens with one attached hydrogen (secondary N) is 3. The number of ether oxygens (including phenoxy) is 2. The average molecular weight is 728 g/mol. The maximum atomic E-state index is 14.4. The molecule has 1 aromatic carbocycles. The fourth-order valence-corrected chi connectivity index (χ4v) is 7.45. The second-order valence-corrected chi connectivity index (χ2v) is 17.1. The molecule has 16 heteroatoms. The highest BCUT2D eigenvalue weighted by molar-refractivity contribution is 7.87. The summed E-state index contributed by atoms with van der Waals surface area (Å²) in [7, 11) is -1.55. The van der Waals surface area contributed by atoms with Crippen molar-refractivity contribution >= 4 is 45.1 Å². The zero-order valence-corrected chi connectivity index (χ0v) is 30.7. The van der Waals surface area contributed by atoms with Gasteiger partial charge in [0.05, 0.1) is 17.6 Å². The van der Waals surface area contributed by atoms with Crippen molar-refractivity contribution < 1.29 is 37.1 Å². The van der Waals surface area contributed by atoms with E-state index in [2.05, 4.69) is 19.9 Å². The molecular formula is C35H49N7O8S. The van der Waals surface area contributed by atoms with Crippen molar-refractivity contribution in [2.45, 2.75) is 114 Å². The van der Waals surface area contributed by atoms with Crippen molar-refractivity contribution in [3.63, 3.8) is 0 Å². The molecule has 1 aromatic heterocycles. The lowest BCUT2D eigenvalue weighted by Crippen LogP contribution is -2.58. The molecule has 0 radical (unpaired) electrons. The van der Waals surface area contributed by atoms with Gasteiger partial charge in [-0.3, -0.25) is 19.0 Å². The van der Waals surface area contributed by atoms with Crippen LogP contribution in [0.4, 0.5) is 4.79 Å². The number of hydrogen-bond acceptors (Lipinski definition) is 9. The zero-order valence-electron chi connectivity index (χ0n) is 29.9. The first-order valence-corrected chi connectivity index (χ1v) is 19.2. The van der Waals surface area contributed by atoms with Crippen LogP contribution in [0.3, 0.4) is 0 Å². The van der Waals surface area contributed by atoms with Crippen LogP contribution >= 0.6 is 0 Å². The quantitative estimate of drug-likeness (QED) is 0.362. The third kappa shape index (κ3) is 8.16. The Morgan fingerprint density at radius 1 is 1.08 bits per heavy atom. The van der Waals surface area contributed by atoms with Crippen LogP contribution in [0.2, 0.25) is 0 Å². The normalized spacial score (nSPS) is 28.2. The first-order valence-electron chi connectivity index (χ1n) is 17.7. The predicted molar refractivity (Wildman–Crippen MR) is 188 cm³/mol. The molecule has 3 heterocycles. The zero-order chi connectivity index (χ0) is 36.7. The number of carbonyl (C=O) groups excluding carboxylic acids is 4. The van der Waals surface area contributed by atoms with Gasteiger partial charge in [-0.25, -0.2) is 9.52 Å². The van der Waals surface area contributed by atoms with Crippen LogP contribution < -0.4 is 20.1 Å². The number of carbonyl (C=O) groups is 4. The van der Waals surface area contributed by atoms with Gasteiger partial charge in [0.25, 0.3) is 11.9 Å². The Balaban J connectivity index is 1.32. The van der Waals surface area contributed by atoms with Gasteiger partial charge in [-0.05, 0) is 71.4 Å². The van der Waals surface area contributed by atoms with Crippen LogP contribution in [0, 0.1) is 5.92 Å². The van der Waals surface area contributed by atoms with E-state index in [1.165, 1.54) is 19.0 Å². The molecule has 1 saturated heterocycles. The highest BCUT2D eigenvalue weighted by Gasteiger charge is 2.62. The smallest absolute Gasteiger partial charge is 0.408 e. The summed E-state index contributed by atoms with van der Waals surface area (Å²) < 4.78 is 42.4. The summed E-state index contributed by atoms with van der Waals surface area (Å²) >= 11 is 0. The number of nitrogens with zero attached hydrogens (tertiary/aromatic N) is 4. The van der Waals surface area contributed by atoms with Gasteiger partial charge in [0.2, 0.25) is 11.8 Å². The molecule has 2 aliphatic carbocycles. The number of para-hydroxylation sites is 2. The Morgan fingerprint density at radius 2 is 1.82 bits per heavy atom. The van der Waals surface area contributed by atoms with Gasteiger partial charge < -0.3 is 25.0 Å². The van der Waals surface area contributed by atoms with Gasteiger partial charge in [0.15, 0.2) is 0 Å². The van der Waals surface area contributed by atoms with E-state index >= 15 is 0 Å². The largest absolute Gasteiger partial charge is 0.459 e. The molecular weight excluding hydrogens is 678 g/mol. The molecule has 3 fully saturated rings. The van der Waals surface area contributed by atoms with Crippen molar-refractivity contribution in [3.8, 4) is 6.01 Å². The Labute approximate surface area is 298 Å². The number of benzene rings is 1. The van der Waals surface area contributed by atoms with Crippen molar-refractivity contribution in [3.05, 3.63) is 36.4 Å². The van der Waals surface area contributed by atoms with Gasteiger partial charge >= 0.3 is 16.3 Å². The number of amides is 4. The minimum atomic E-state index is -4.15. The van der Waals surface area contributed by atoms with E-state index < -0.39 is 69.3 Å². The molecule has 2 aromatic rings. The molecule has 51 heavy (non-hydrogen) atoms. The predicted octanol–water partition coefficient (Wildman–Crippen LogP) is 2.93. The molecule has 3 N–H and O–H groups in total. The first kappa shape index (κ1) is 36.6. The van der Waals surface area contributed by atoms with Crippen molar-refractivity contribution in [2.24, 2.45) is 5.92 Å². The Hall–Kier alpha value is -4.18. The van der Waals surface area contributed by atoms with Gasteiger partial charge in [-0.15, -0.1) is 0 Å². The number of fused-ring (bicyclic) bond motifs is 3. The van der Waals surface area contributed by atoms with Crippen molar-refractivity contribution in [2.75, 3.05) is 20.6 Å². The van der Waals surface area contributed by atoms with E-state index in [0.717, 1.165) is 41.0 Å². The van der Waals surface area contributed by atoms with E-state index in [1.807, 2.05) is 36.4 Å². The van der Waals surface area contributed by atoms with Crippen LogP contribution in [0.25, 0.3) is 11.0 Å². The molecule has 278 valence electrons. The van der Waals surface area contributed by atoms with Crippen LogP contribution in [0.15, 0.2) is 36.4 Å². The second kappa shape index (κ2) is 14.1. The summed E-state index contributed by atoms with van der Waals surface area (Å²) in [6, 6.07) is 6.30. The number of imidazole rings is 1. The van der Waals surface area contributed by atoms with Crippen LogP contribution in [-0.2, 0) is 29.3 Å². The molecule has 5 atom stereocenters. The summed E-state index contributed by atoms with van der Waals surface area (Å²) in [6.07, 6.45) is 7.85. The van der Waals surface area contributed by atoms with Gasteiger partial charge in [-0.2, -0.15) is 17.7 Å². The van der Waals surface area contributed by atoms with Gasteiger partial charge in [0.1, 0.15) is 29.3 Å². The van der Waals surface area contributed by atoms with Crippen LogP contribution in [0.5, 0.6) is 6.01 Å². The third-order valence-corrected chi connectivity index (χ3v) is 11.2. The van der Waals surface area contributed by atoms with E-state index in [9.17, 15) is 27.6 Å². The second-order valence-electron chi connectivity index (χ2n) is 15.2. The number of allylic oxidation sites excluding steroid dienone is 1. The van der Waals surface area contributed by atoms with E-state index in [-0.39, 0.29) is 25.4 Å². The summed E-state index contributed by atoms with van der Waals surface area (Å²) in [5, 5.41) is 5.60. The van der Waals surface area contributed by atoms with Crippen molar-refractivity contribution in [1.82, 2.24) is 34.1 Å². The number of aromatic nitrogens is 2. The molecule has 0 bridgehead atoms. The number of rotatable bonds is 7. The Kier molecular flexibility index (Phi) is 10.1.